The molecule has 0 aliphatic rings. The Labute approximate surface area is 182 Å². The summed E-state index contributed by atoms with van der Waals surface area (Å²) in [5, 5.41) is 10.9. The van der Waals surface area contributed by atoms with Crippen molar-refractivity contribution in [3.8, 4) is 0 Å². The van der Waals surface area contributed by atoms with Gasteiger partial charge in [0.1, 0.15) is 12.1 Å². The van der Waals surface area contributed by atoms with Crippen LogP contribution in [0.15, 0.2) is 22.5 Å². The molecule has 0 aliphatic heterocycles. The first kappa shape index (κ1) is 25.4. The molecule has 0 unspecified atom stereocenters. The van der Waals surface area contributed by atoms with Gasteiger partial charge in [-0.2, -0.15) is 0 Å². The predicted octanol–water partition coefficient (Wildman–Crippen LogP) is 2.01. The number of halogens is 1. The van der Waals surface area contributed by atoms with Gasteiger partial charge in [0, 0.05) is 32.1 Å². The Morgan fingerprint density at radius 2 is 1.85 bits per heavy atom. The van der Waals surface area contributed by atoms with Crippen molar-refractivity contribution < 1.29 is 14.3 Å². The summed E-state index contributed by atoms with van der Waals surface area (Å²) in [6.07, 6.45) is -0.466. The molecule has 0 bridgehead atoms. The van der Waals surface area contributed by atoms with E-state index in [1.165, 1.54) is 4.90 Å². The number of rotatable bonds is 7. The highest BCUT2D eigenvalue weighted by molar-refractivity contribution is 14.0. The number of carbonyl (C=O) groups is 2. The fourth-order valence-electron chi connectivity index (χ4n) is 1.71. The molecule has 0 radical (unpaired) electrons. The van der Waals surface area contributed by atoms with E-state index in [0.29, 0.717) is 25.6 Å². The predicted molar refractivity (Wildman–Crippen MR) is 120 cm³/mol. The molecule has 2 amide bonds. The molecule has 10 heteroatoms. The maximum atomic E-state index is 11.7. The molecule has 0 spiro atoms. The summed E-state index contributed by atoms with van der Waals surface area (Å²) < 4.78 is 5.17. The zero-order valence-electron chi connectivity index (χ0n) is 16.5. The summed E-state index contributed by atoms with van der Waals surface area (Å²) in [4.78, 5) is 30.3. The molecule has 8 nitrogen and oxygen atoms in total. The molecule has 3 N–H and O–H groups in total. The van der Waals surface area contributed by atoms with Gasteiger partial charge in [-0.3, -0.25) is 4.79 Å². The Morgan fingerprint density at radius 3 is 2.41 bits per heavy atom. The van der Waals surface area contributed by atoms with Crippen molar-refractivity contribution in [1.29, 1.82) is 0 Å². The van der Waals surface area contributed by atoms with Crippen LogP contribution in [0.4, 0.5) is 4.79 Å². The van der Waals surface area contributed by atoms with Gasteiger partial charge in [0.2, 0.25) is 5.91 Å². The van der Waals surface area contributed by atoms with Gasteiger partial charge in [-0.25, -0.2) is 9.79 Å². The SMILES string of the molecule is CN(C)C(=O)CN=C(NCCNC(=O)OC(C)(C)C)NCc1cccs1.I. The number of alkyl carbamates (subject to hydrolysis) is 1. The third-order valence-corrected chi connectivity index (χ3v) is 3.84. The zero-order valence-corrected chi connectivity index (χ0v) is 19.6. The smallest absolute Gasteiger partial charge is 0.407 e. The molecule has 0 fully saturated rings. The van der Waals surface area contributed by atoms with Gasteiger partial charge in [0.05, 0.1) is 6.54 Å². The number of likely N-dealkylation sites (N-methyl/N-ethyl adjacent to an activating group) is 1. The highest BCUT2D eigenvalue weighted by Crippen LogP contribution is 2.07. The lowest BCUT2D eigenvalue weighted by atomic mass is 10.2. The van der Waals surface area contributed by atoms with Crippen molar-refractivity contribution in [2.75, 3.05) is 33.7 Å². The van der Waals surface area contributed by atoms with E-state index in [4.69, 9.17) is 4.74 Å². The Hall–Kier alpha value is -1.56. The summed E-state index contributed by atoms with van der Waals surface area (Å²) in [6, 6.07) is 4.00. The molecule has 1 rings (SSSR count). The van der Waals surface area contributed by atoms with E-state index in [1.54, 1.807) is 25.4 Å². The van der Waals surface area contributed by atoms with Crippen LogP contribution in [0.25, 0.3) is 0 Å². The number of carbonyl (C=O) groups excluding carboxylic acids is 2. The first-order valence-electron chi connectivity index (χ1n) is 8.39. The number of nitrogens with one attached hydrogen (secondary N) is 3. The van der Waals surface area contributed by atoms with E-state index in [2.05, 4.69) is 20.9 Å². The number of hydrogen-bond donors (Lipinski definition) is 3. The Kier molecular flexibility index (Phi) is 12.0. The van der Waals surface area contributed by atoms with E-state index < -0.39 is 11.7 Å². The lowest BCUT2D eigenvalue weighted by molar-refractivity contribution is -0.127. The lowest BCUT2D eigenvalue weighted by Crippen LogP contribution is -2.42. The van der Waals surface area contributed by atoms with Crippen LogP contribution in [-0.4, -0.2) is 62.2 Å². The van der Waals surface area contributed by atoms with Crippen molar-refractivity contribution in [3.63, 3.8) is 0 Å². The highest BCUT2D eigenvalue weighted by Gasteiger charge is 2.15. The fourth-order valence-corrected chi connectivity index (χ4v) is 2.35. The number of ether oxygens (including phenoxy) is 1. The monoisotopic (exact) mass is 511 g/mol. The highest BCUT2D eigenvalue weighted by atomic mass is 127. The summed E-state index contributed by atoms with van der Waals surface area (Å²) in [7, 11) is 3.38. The second kappa shape index (κ2) is 12.8. The van der Waals surface area contributed by atoms with Gasteiger partial charge in [-0.1, -0.05) is 6.07 Å². The van der Waals surface area contributed by atoms with Gasteiger partial charge in [-0.15, -0.1) is 35.3 Å². The largest absolute Gasteiger partial charge is 0.444 e. The van der Waals surface area contributed by atoms with Gasteiger partial charge in [0.25, 0.3) is 0 Å². The molecular weight excluding hydrogens is 481 g/mol. The van der Waals surface area contributed by atoms with E-state index >= 15 is 0 Å². The molecular formula is C17H30IN5O3S. The maximum absolute atomic E-state index is 11.7. The Morgan fingerprint density at radius 1 is 1.19 bits per heavy atom. The normalized spacial score (nSPS) is 11.2. The molecule has 0 aromatic carbocycles. The molecule has 0 saturated carbocycles. The van der Waals surface area contributed by atoms with Crippen molar-refractivity contribution in [2.24, 2.45) is 4.99 Å². The Balaban J connectivity index is 0.00000676. The van der Waals surface area contributed by atoms with Crippen LogP contribution in [0, 0.1) is 0 Å². The third kappa shape index (κ3) is 12.5. The van der Waals surface area contributed by atoms with Gasteiger partial charge < -0.3 is 25.6 Å². The summed E-state index contributed by atoms with van der Waals surface area (Å²) >= 11 is 1.64. The topological polar surface area (TPSA) is 95.1 Å². The molecule has 1 heterocycles. The van der Waals surface area contributed by atoms with E-state index in [9.17, 15) is 9.59 Å². The zero-order chi connectivity index (χ0) is 19.6. The fraction of sp³-hybridized carbons (Fsp3) is 0.588. The van der Waals surface area contributed by atoms with Crippen molar-refractivity contribution in [2.45, 2.75) is 32.9 Å². The minimum atomic E-state index is -0.529. The second-order valence-electron chi connectivity index (χ2n) is 6.74. The molecule has 1 aromatic heterocycles. The number of aliphatic imine (C=N–C) groups is 1. The number of thiophene rings is 1. The average molecular weight is 511 g/mol. The number of nitrogens with zero attached hydrogens (tertiary/aromatic N) is 2. The van der Waals surface area contributed by atoms with Crippen LogP contribution in [-0.2, 0) is 16.1 Å². The third-order valence-electron chi connectivity index (χ3n) is 2.97. The van der Waals surface area contributed by atoms with E-state index in [0.717, 1.165) is 4.88 Å². The quantitative estimate of drug-likeness (QED) is 0.226. The van der Waals surface area contributed by atoms with Crippen LogP contribution >= 0.6 is 35.3 Å². The van der Waals surface area contributed by atoms with Crippen molar-refractivity contribution >= 4 is 53.3 Å². The van der Waals surface area contributed by atoms with Crippen LogP contribution < -0.4 is 16.0 Å². The first-order valence-corrected chi connectivity index (χ1v) is 9.27. The molecule has 0 atom stereocenters. The summed E-state index contributed by atoms with van der Waals surface area (Å²) in [6.45, 7) is 6.91. The van der Waals surface area contributed by atoms with Crippen LogP contribution in [0.1, 0.15) is 25.6 Å². The van der Waals surface area contributed by atoms with Crippen LogP contribution in [0.2, 0.25) is 0 Å². The molecule has 0 saturated heterocycles. The number of guanidine groups is 1. The molecule has 1 aromatic rings. The second-order valence-corrected chi connectivity index (χ2v) is 7.77. The van der Waals surface area contributed by atoms with Gasteiger partial charge in [-0.05, 0) is 32.2 Å². The number of hydrogen-bond acceptors (Lipinski definition) is 5. The first-order chi connectivity index (χ1) is 12.2. The minimum absolute atomic E-state index is 0. The minimum Gasteiger partial charge on any atom is -0.444 e. The molecule has 154 valence electrons. The van der Waals surface area contributed by atoms with Gasteiger partial charge >= 0.3 is 6.09 Å². The lowest BCUT2D eigenvalue weighted by Gasteiger charge is -2.20. The standard InChI is InChI=1S/C17H29N5O3S.HI/c1-17(2,3)25-16(24)19-9-8-18-15(21-12-14(23)22(4)5)20-11-13-7-6-10-26-13;/h6-7,10H,8-9,11-12H2,1-5H3,(H,19,24)(H2,18,20,21);1H. The summed E-state index contributed by atoms with van der Waals surface area (Å²) in [5.41, 5.74) is -0.529. The van der Waals surface area contributed by atoms with Crippen LogP contribution in [0.5, 0.6) is 0 Å². The Bertz CT molecular complexity index is 600. The van der Waals surface area contributed by atoms with Crippen LogP contribution in [0.3, 0.4) is 0 Å². The van der Waals surface area contributed by atoms with E-state index in [1.807, 2.05) is 38.3 Å². The molecule has 27 heavy (non-hydrogen) atoms. The molecule has 0 aliphatic carbocycles. The average Bonchev–Trinajstić information content (AvgIpc) is 3.04. The van der Waals surface area contributed by atoms with Gasteiger partial charge in [0.15, 0.2) is 5.96 Å². The van der Waals surface area contributed by atoms with Crippen molar-refractivity contribution in [1.82, 2.24) is 20.9 Å². The number of amides is 2. The van der Waals surface area contributed by atoms with Crippen molar-refractivity contribution in [3.05, 3.63) is 22.4 Å². The van der Waals surface area contributed by atoms with E-state index in [-0.39, 0.29) is 36.4 Å². The maximum Gasteiger partial charge on any atom is 0.407 e. The summed E-state index contributed by atoms with van der Waals surface area (Å²) in [5.74, 6) is 0.425.